The van der Waals surface area contributed by atoms with Crippen molar-refractivity contribution in [1.29, 1.82) is 0 Å². The van der Waals surface area contributed by atoms with Crippen LogP contribution < -0.4 is 0 Å². The van der Waals surface area contributed by atoms with E-state index in [2.05, 4.69) is 22.1 Å². The third-order valence-corrected chi connectivity index (χ3v) is 4.22. The third-order valence-electron chi connectivity index (χ3n) is 3.21. The number of hydrogen-bond donors (Lipinski definition) is 1. The van der Waals surface area contributed by atoms with Gasteiger partial charge < -0.3 is 4.98 Å². The number of benzene rings is 2. The normalized spacial score (nSPS) is 10.6. The Kier molecular flexibility index (Phi) is 3.93. The Morgan fingerprint density at radius 2 is 1.77 bits per heavy atom. The SMILES string of the molecule is Cc1ccc(Sc2nc[nH]c2-c2ccc([N+](=O)[O-])cc2)cc1. The molecule has 0 spiro atoms. The second kappa shape index (κ2) is 6.03. The number of nitrogens with one attached hydrogen (secondary N) is 1. The van der Waals surface area contributed by atoms with E-state index < -0.39 is 4.92 Å². The number of aromatic nitrogens is 2. The lowest BCUT2D eigenvalue weighted by molar-refractivity contribution is -0.384. The number of nitro benzene ring substituents is 1. The zero-order valence-electron chi connectivity index (χ0n) is 11.8. The molecule has 5 nitrogen and oxygen atoms in total. The summed E-state index contributed by atoms with van der Waals surface area (Å²) in [7, 11) is 0. The standard InChI is InChI=1S/C16H13N3O2S/c1-11-2-8-14(9-3-11)22-16-15(17-10-18-16)12-4-6-13(7-5-12)19(20)21/h2-10H,1H3,(H,17,18). The first-order valence-corrected chi connectivity index (χ1v) is 7.48. The molecule has 1 N–H and O–H groups in total. The number of nitrogens with zero attached hydrogens (tertiary/aromatic N) is 2. The second-order valence-electron chi connectivity index (χ2n) is 4.80. The van der Waals surface area contributed by atoms with Gasteiger partial charge in [-0.2, -0.15) is 0 Å². The first-order chi connectivity index (χ1) is 10.6. The number of nitro groups is 1. The van der Waals surface area contributed by atoms with Crippen LogP contribution in [0.15, 0.2) is 64.8 Å². The number of non-ortho nitro benzene ring substituents is 1. The van der Waals surface area contributed by atoms with Gasteiger partial charge in [0.05, 0.1) is 16.9 Å². The van der Waals surface area contributed by atoms with E-state index in [9.17, 15) is 10.1 Å². The molecular weight excluding hydrogens is 298 g/mol. The summed E-state index contributed by atoms with van der Waals surface area (Å²) >= 11 is 1.56. The summed E-state index contributed by atoms with van der Waals surface area (Å²) < 4.78 is 0. The Morgan fingerprint density at radius 3 is 2.41 bits per heavy atom. The van der Waals surface area contributed by atoms with Gasteiger partial charge in [-0.1, -0.05) is 29.5 Å². The summed E-state index contributed by atoms with van der Waals surface area (Å²) in [6.45, 7) is 2.05. The minimum Gasteiger partial charge on any atom is -0.344 e. The Labute approximate surface area is 131 Å². The van der Waals surface area contributed by atoms with Crippen LogP contribution in [0, 0.1) is 17.0 Å². The lowest BCUT2D eigenvalue weighted by Gasteiger charge is -2.03. The average molecular weight is 311 g/mol. The van der Waals surface area contributed by atoms with E-state index in [4.69, 9.17) is 0 Å². The molecule has 1 aromatic heterocycles. The maximum atomic E-state index is 10.7. The molecule has 3 aromatic rings. The van der Waals surface area contributed by atoms with Crippen LogP contribution in [0.5, 0.6) is 0 Å². The van der Waals surface area contributed by atoms with Crippen molar-refractivity contribution in [3.63, 3.8) is 0 Å². The summed E-state index contributed by atoms with van der Waals surface area (Å²) in [4.78, 5) is 18.9. The van der Waals surface area contributed by atoms with Crippen molar-refractivity contribution in [2.24, 2.45) is 0 Å². The van der Waals surface area contributed by atoms with E-state index in [-0.39, 0.29) is 5.69 Å². The van der Waals surface area contributed by atoms with Crippen molar-refractivity contribution in [2.45, 2.75) is 16.8 Å². The summed E-state index contributed by atoms with van der Waals surface area (Å²) in [5.41, 5.74) is 3.02. The van der Waals surface area contributed by atoms with Crippen LogP contribution in [0.1, 0.15) is 5.56 Å². The summed E-state index contributed by atoms with van der Waals surface area (Å²) in [5.74, 6) is 0. The van der Waals surface area contributed by atoms with Gasteiger partial charge in [0, 0.05) is 22.6 Å². The average Bonchev–Trinajstić information content (AvgIpc) is 2.98. The highest BCUT2D eigenvalue weighted by Gasteiger charge is 2.11. The van der Waals surface area contributed by atoms with Gasteiger partial charge in [0.25, 0.3) is 5.69 Å². The van der Waals surface area contributed by atoms with E-state index in [1.54, 1.807) is 30.2 Å². The molecule has 0 aliphatic rings. The molecule has 0 aliphatic heterocycles. The van der Waals surface area contributed by atoms with Crippen LogP contribution in [0.4, 0.5) is 5.69 Å². The van der Waals surface area contributed by atoms with Crippen LogP contribution in [-0.2, 0) is 0 Å². The first kappa shape index (κ1) is 14.3. The van der Waals surface area contributed by atoms with Crippen LogP contribution in [-0.4, -0.2) is 14.9 Å². The highest BCUT2D eigenvalue weighted by molar-refractivity contribution is 7.99. The van der Waals surface area contributed by atoms with E-state index in [1.807, 2.05) is 19.1 Å². The molecule has 6 heteroatoms. The zero-order chi connectivity index (χ0) is 15.5. The number of imidazole rings is 1. The van der Waals surface area contributed by atoms with Gasteiger partial charge in [0.2, 0.25) is 0 Å². The molecule has 2 aromatic carbocycles. The summed E-state index contributed by atoms with van der Waals surface area (Å²) in [6.07, 6.45) is 1.63. The Balaban J connectivity index is 1.88. The van der Waals surface area contributed by atoms with Crippen LogP contribution in [0.3, 0.4) is 0 Å². The van der Waals surface area contributed by atoms with Crippen molar-refractivity contribution in [2.75, 3.05) is 0 Å². The molecule has 0 aliphatic carbocycles. The maximum Gasteiger partial charge on any atom is 0.269 e. The van der Waals surface area contributed by atoms with Crippen molar-refractivity contribution >= 4 is 17.4 Å². The fourth-order valence-corrected chi connectivity index (χ4v) is 2.91. The molecule has 0 radical (unpaired) electrons. The van der Waals surface area contributed by atoms with Gasteiger partial charge in [-0.05, 0) is 31.2 Å². The fraction of sp³-hybridized carbons (Fsp3) is 0.0625. The molecule has 0 unspecified atom stereocenters. The van der Waals surface area contributed by atoms with E-state index in [0.29, 0.717) is 0 Å². The second-order valence-corrected chi connectivity index (χ2v) is 5.86. The topological polar surface area (TPSA) is 71.8 Å². The fourth-order valence-electron chi connectivity index (χ4n) is 2.03. The molecule has 0 amide bonds. The molecule has 22 heavy (non-hydrogen) atoms. The number of rotatable bonds is 4. The molecule has 0 atom stereocenters. The minimum absolute atomic E-state index is 0.0796. The third kappa shape index (κ3) is 3.01. The molecule has 0 bridgehead atoms. The number of hydrogen-bond acceptors (Lipinski definition) is 4. The highest BCUT2D eigenvalue weighted by Crippen LogP contribution is 2.34. The Morgan fingerprint density at radius 1 is 1.09 bits per heavy atom. The van der Waals surface area contributed by atoms with Gasteiger partial charge in [-0.3, -0.25) is 10.1 Å². The van der Waals surface area contributed by atoms with Crippen LogP contribution in [0.25, 0.3) is 11.3 Å². The predicted molar refractivity (Wildman–Crippen MR) is 86.0 cm³/mol. The largest absolute Gasteiger partial charge is 0.344 e. The smallest absolute Gasteiger partial charge is 0.269 e. The molecule has 3 rings (SSSR count). The first-order valence-electron chi connectivity index (χ1n) is 6.66. The molecular formula is C16H13N3O2S. The van der Waals surface area contributed by atoms with Crippen molar-refractivity contribution in [3.8, 4) is 11.3 Å². The van der Waals surface area contributed by atoms with Crippen molar-refractivity contribution < 1.29 is 4.92 Å². The molecule has 1 heterocycles. The van der Waals surface area contributed by atoms with E-state index >= 15 is 0 Å². The molecule has 0 saturated carbocycles. The number of aromatic amines is 1. The summed E-state index contributed by atoms with van der Waals surface area (Å²) in [6, 6.07) is 14.7. The predicted octanol–water partition coefficient (Wildman–Crippen LogP) is 4.44. The monoisotopic (exact) mass is 311 g/mol. The van der Waals surface area contributed by atoms with E-state index in [0.717, 1.165) is 21.2 Å². The van der Waals surface area contributed by atoms with E-state index in [1.165, 1.54) is 17.7 Å². The zero-order valence-corrected chi connectivity index (χ0v) is 12.6. The Hall–Kier alpha value is -2.60. The highest BCUT2D eigenvalue weighted by atomic mass is 32.2. The number of aryl methyl sites for hydroxylation is 1. The van der Waals surface area contributed by atoms with Gasteiger partial charge in [-0.25, -0.2) is 4.98 Å². The minimum atomic E-state index is -0.404. The summed E-state index contributed by atoms with van der Waals surface area (Å²) in [5, 5.41) is 11.6. The molecule has 0 fully saturated rings. The van der Waals surface area contributed by atoms with Gasteiger partial charge in [0.15, 0.2) is 0 Å². The molecule has 110 valence electrons. The number of H-pyrrole nitrogens is 1. The van der Waals surface area contributed by atoms with Gasteiger partial charge in [0.1, 0.15) is 5.03 Å². The molecule has 0 saturated heterocycles. The van der Waals surface area contributed by atoms with Crippen LogP contribution >= 0.6 is 11.8 Å². The van der Waals surface area contributed by atoms with Crippen LogP contribution in [0.2, 0.25) is 0 Å². The van der Waals surface area contributed by atoms with Gasteiger partial charge >= 0.3 is 0 Å². The Bertz CT molecular complexity index is 795. The quantitative estimate of drug-likeness (QED) is 0.571. The lowest BCUT2D eigenvalue weighted by Crippen LogP contribution is -1.88. The van der Waals surface area contributed by atoms with Gasteiger partial charge in [-0.15, -0.1) is 0 Å². The maximum absolute atomic E-state index is 10.7. The van der Waals surface area contributed by atoms with Crippen molar-refractivity contribution in [3.05, 3.63) is 70.5 Å². The lowest BCUT2D eigenvalue weighted by atomic mass is 10.1. The van der Waals surface area contributed by atoms with Crippen molar-refractivity contribution in [1.82, 2.24) is 9.97 Å².